The van der Waals surface area contributed by atoms with E-state index in [1.807, 2.05) is 40.9 Å². The number of hydrogen-bond acceptors (Lipinski definition) is 5. The van der Waals surface area contributed by atoms with E-state index in [0.29, 0.717) is 11.8 Å². The first kappa shape index (κ1) is 14.7. The molecule has 0 aromatic carbocycles. The van der Waals surface area contributed by atoms with Crippen LogP contribution in [-0.4, -0.2) is 47.7 Å². The lowest BCUT2D eigenvalue weighted by Crippen LogP contribution is -2.30. The van der Waals surface area contributed by atoms with Gasteiger partial charge in [0.05, 0.1) is 6.10 Å². The smallest absolute Gasteiger partial charge is 0.226 e. The third-order valence-corrected chi connectivity index (χ3v) is 2.20. The molecule has 1 rings (SSSR count). The van der Waals surface area contributed by atoms with Gasteiger partial charge in [0.2, 0.25) is 11.8 Å². The molecule has 0 spiro atoms. The zero-order valence-corrected chi connectivity index (χ0v) is 12.2. The number of likely N-dealkylation sites (N-methyl/N-ethyl adjacent to an activating group) is 1. The molecule has 1 N–H and O–H groups in total. The molecular formula is C13H24N4O. The quantitative estimate of drug-likeness (QED) is 0.838. The Labute approximate surface area is 110 Å². The Bertz CT molecular complexity index is 379. The lowest BCUT2D eigenvalue weighted by atomic mass is 10.3. The lowest BCUT2D eigenvalue weighted by molar-refractivity contribution is 0.232. The van der Waals surface area contributed by atoms with Crippen LogP contribution in [0.1, 0.15) is 26.5 Å². The zero-order chi connectivity index (χ0) is 13.7. The molecule has 0 aliphatic carbocycles. The second-order valence-corrected chi connectivity index (χ2v) is 5.15. The predicted octanol–water partition coefficient (Wildman–Crippen LogP) is 1.93. The van der Waals surface area contributed by atoms with Gasteiger partial charge in [-0.05, 0) is 41.8 Å². The number of nitrogens with one attached hydrogen (secondary N) is 1. The van der Waals surface area contributed by atoms with Crippen LogP contribution in [0.3, 0.4) is 0 Å². The molecule has 0 bridgehead atoms. The van der Waals surface area contributed by atoms with Crippen LogP contribution in [0, 0.1) is 6.92 Å². The monoisotopic (exact) mass is 252 g/mol. The van der Waals surface area contributed by atoms with Gasteiger partial charge in [-0.15, -0.1) is 0 Å². The molecule has 0 aliphatic rings. The molecule has 1 atom stereocenters. The molecule has 18 heavy (non-hydrogen) atoms. The number of rotatable bonds is 6. The molecule has 0 fully saturated rings. The first-order valence-electron chi connectivity index (χ1n) is 6.30. The van der Waals surface area contributed by atoms with E-state index in [9.17, 15) is 0 Å². The molecule has 102 valence electrons. The maximum absolute atomic E-state index is 5.60. The highest BCUT2D eigenvalue weighted by atomic mass is 16.5. The Balaban J connectivity index is 2.73. The van der Waals surface area contributed by atoms with Gasteiger partial charge in [-0.3, -0.25) is 0 Å². The number of aryl methyl sites for hydroxylation is 1. The van der Waals surface area contributed by atoms with Crippen molar-refractivity contribution in [3.8, 4) is 5.88 Å². The van der Waals surface area contributed by atoms with Crippen molar-refractivity contribution in [2.75, 3.05) is 26.0 Å². The zero-order valence-electron chi connectivity index (χ0n) is 12.2. The fourth-order valence-electron chi connectivity index (χ4n) is 1.72. The van der Waals surface area contributed by atoms with Crippen molar-refractivity contribution in [3.05, 3.63) is 11.8 Å². The minimum absolute atomic E-state index is 0.117. The second-order valence-electron chi connectivity index (χ2n) is 5.15. The van der Waals surface area contributed by atoms with E-state index in [0.717, 1.165) is 12.2 Å². The highest BCUT2D eigenvalue weighted by molar-refractivity contribution is 5.31. The summed E-state index contributed by atoms with van der Waals surface area (Å²) >= 11 is 0. The highest BCUT2D eigenvalue weighted by Gasteiger charge is 2.08. The Morgan fingerprint density at radius 1 is 1.28 bits per heavy atom. The minimum Gasteiger partial charge on any atom is -0.475 e. The van der Waals surface area contributed by atoms with E-state index in [4.69, 9.17) is 4.74 Å². The van der Waals surface area contributed by atoms with Gasteiger partial charge in [0.1, 0.15) is 0 Å². The number of ether oxygens (including phenoxy) is 1. The summed E-state index contributed by atoms with van der Waals surface area (Å²) < 4.78 is 5.60. The van der Waals surface area contributed by atoms with Crippen molar-refractivity contribution in [1.82, 2.24) is 14.9 Å². The Kier molecular flexibility index (Phi) is 5.34. The van der Waals surface area contributed by atoms with E-state index in [1.54, 1.807) is 0 Å². The van der Waals surface area contributed by atoms with E-state index < -0.39 is 0 Å². The third-order valence-electron chi connectivity index (χ3n) is 2.20. The van der Waals surface area contributed by atoms with Crippen molar-refractivity contribution < 1.29 is 4.74 Å². The minimum atomic E-state index is 0.117. The molecule has 1 unspecified atom stereocenters. The van der Waals surface area contributed by atoms with Crippen LogP contribution >= 0.6 is 0 Å². The molecule has 5 nitrogen and oxygen atoms in total. The lowest BCUT2D eigenvalue weighted by Gasteiger charge is -2.19. The summed E-state index contributed by atoms with van der Waals surface area (Å²) in [5.74, 6) is 1.25. The Hall–Kier alpha value is -1.36. The van der Waals surface area contributed by atoms with Gasteiger partial charge in [-0.1, -0.05) is 0 Å². The number of hydrogen-bond donors (Lipinski definition) is 1. The maximum Gasteiger partial charge on any atom is 0.226 e. The number of anilines is 1. The molecule has 0 radical (unpaired) electrons. The average molecular weight is 252 g/mol. The maximum atomic E-state index is 5.60. The summed E-state index contributed by atoms with van der Waals surface area (Å²) in [5.41, 5.74) is 0.903. The van der Waals surface area contributed by atoms with Crippen LogP contribution in [-0.2, 0) is 0 Å². The summed E-state index contributed by atoms with van der Waals surface area (Å²) in [4.78, 5) is 10.8. The molecule has 1 heterocycles. The molecule has 1 aromatic heterocycles. The van der Waals surface area contributed by atoms with Crippen LogP contribution in [0.5, 0.6) is 5.88 Å². The fourth-order valence-corrected chi connectivity index (χ4v) is 1.72. The molecule has 1 aromatic rings. The van der Waals surface area contributed by atoms with Crippen molar-refractivity contribution in [1.29, 1.82) is 0 Å². The molecule has 0 saturated carbocycles. The first-order chi connectivity index (χ1) is 8.36. The largest absolute Gasteiger partial charge is 0.475 e. The molecule has 5 heteroatoms. The van der Waals surface area contributed by atoms with Crippen LogP contribution < -0.4 is 10.1 Å². The van der Waals surface area contributed by atoms with E-state index in [1.165, 1.54) is 0 Å². The predicted molar refractivity (Wildman–Crippen MR) is 74.2 cm³/mol. The summed E-state index contributed by atoms with van der Waals surface area (Å²) in [6.45, 7) is 8.95. The van der Waals surface area contributed by atoms with Crippen molar-refractivity contribution in [2.45, 2.75) is 39.8 Å². The third kappa shape index (κ3) is 5.31. The van der Waals surface area contributed by atoms with Gasteiger partial charge >= 0.3 is 0 Å². The Morgan fingerprint density at radius 2 is 1.94 bits per heavy atom. The molecule has 0 aliphatic heterocycles. The molecule has 0 saturated heterocycles. The summed E-state index contributed by atoms with van der Waals surface area (Å²) in [6.07, 6.45) is 0.117. The average Bonchev–Trinajstić information content (AvgIpc) is 2.12. The second kappa shape index (κ2) is 6.54. The van der Waals surface area contributed by atoms with Crippen molar-refractivity contribution in [3.63, 3.8) is 0 Å². The molecule has 0 amide bonds. The van der Waals surface area contributed by atoms with Crippen molar-refractivity contribution in [2.24, 2.45) is 0 Å². The van der Waals surface area contributed by atoms with E-state index in [2.05, 4.69) is 27.1 Å². The van der Waals surface area contributed by atoms with Crippen LogP contribution in [0.4, 0.5) is 5.95 Å². The van der Waals surface area contributed by atoms with E-state index in [-0.39, 0.29) is 12.1 Å². The standard InChI is InChI=1S/C13H24N4O/c1-9(2)18-12-7-10(3)14-13(16-12)15-11(4)8-17(5)6/h7,9,11H,8H2,1-6H3,(H,14,15,16). The van der Waals surface area contributed by atoms with Crippen LogP contribution in [0.25, 0.3) is 0 Å². The fraction of sp³-hybridized carbons (Fsp3) is 0.692. The van der Waals surface area contributed by atoms with Gasteiger partial charge in [0, 0.05) is 24.3 Å². The summed E-state index contributed by atoms with van der Waals surface area (Å²) in [7, 11) is 4.09. The number of aromatic nitrogens is 2. The molecular weight excluding hydrogens is 228 g/mol. The normalized spacial score (nSPS) is 12.9. The summed E-state index contributed by atoms with van der Waals surface area (Å²) in [6, 6.07) is 2.13. The topological polar surface area (TPSA) is 50.3 Å². The summed E-state index contributed by atoms with van der Waals surface area (Å²) in [5, 5.41) is 3.28. The van der Waals surface area contributed by atoms with Gasteiger partial charge in [0.15, 0.2) is 0 Å². The van der Waals surface area contributed by atoms with Gasteiger partial charge in [-0.25, -0.2) is 4.98 Å². The highest BCUT2D eigenvalue weighted by Crippen LogP contribution is 2.14. The SMILES string of the molecule is Cc1cc(OC(C)C)nc(NC(C)CN(C)C)n1. The van der Waals surface area contributed by atoms with Crippen molar-refractivity contribution >= 4 is 5.95 Å². The van der Waals surface area contributed by atoms with Crippen LogP contribution in [0.15, 0.2) is 6.07 Å². The first-order valence-corrected chi connectivity index (χ1v) is 6.30. The van der Waals surface area contributed by atoms with Gasteiger partial charge in [-0.2, -0.15) is 4.98 Å². The van der Waals surface area contributed by atoms with Gasteiger partial charge < -0.3 is 15.0 Å². The van der Waals surface area contributed by atoms with E-state index >= 15 is 0 Å². The number of nitrogens with zero attached hydrogens (tertiary/aromatic N) is 3. The van der Waals surface area contributed by atoms with Gasteiger partial charge in [0.25, 0.3) is 0 Å². The van der Waals surface area contributed by atoms with Crippen LogP contribution in [0.2, 0.25) is 0 Å². The Morgan fingerprint density at radius 3 is 2.50 bits per heavy atom.